The minimum Gasteiger partial charge on any atom is -0.384 e. The van der Waals surface area contributed by atoms with E-state index in [2.05, 4.69) is 20.2 Å². The molecule has 2 fully saturated rings. The Balaban J connectivity index is 1.80. The van der Waals surface area contributed by atoms with Crippen LogP contribution in [0.4, 0.5) is 16.4 Å². The quantitative estimate of drug-likeness (QED) is 0.773. The SMILES string of the molecule is CCc1nc(N)cc(N2CCN3C(=O)NCC3C2)n1. The third-order valence-electron chi connectivity index (χ3n) is 3.65. The highest BCUT2D eigenvalue weighted by Gasteiger charge is 2.35. The average Bonchev–Trinajstić information content (AvgIpc) is 2.79. The zero-order valence-electron chi connectivity index (χ0n) is 11.0. The standard InChI is InChI=1S/C12H18N6O/c1-2-10-15-9(13)5-11(16-10)17-3-4-18-8(7-17)6-14-12(18)19/h5,8H,2-4,6-7H2,1H3,(H,14,19)(H2,13,15,16). The van der Waals surface area contributed by atoms with Crippen molar-refractivity contribution in [3.63, 3.8) is 0 Å². The van der Waals surface area contributed by atoms with E-state index in [4.69, 9.17) is 5.73 Å². The lowest BCUT2D eigenvalue weighted by atomic mass is 10.2. The fourth-order valence-electron chi connectivity index (χ4n) is 2.64. The van der Waals surface area contributed by atoms with Gasteiger partial charge in [0.15, 0.2) is 0 Å². The van der Waals surface area contributed by atoms with Crippen molar-refractivity contribution in [2.75, 3.05) is 36.8 Å². The smallest absolute Gasteiger partial charge is 0.317 e. The fraction of sp³-hybridized carbons (Fsp3) is 0.583. The number of nitrogens with one attached hydrogen (secondary N) is 1. The number of nitrogens with zero attached hydrogens (tertiary/aromatic N) is 4. The Labute approximate surface area is 111 Å². The molecule has 2 amide bonds. The van der Waals surface area contributed by atoms with E-state index in [0.29, 0.717) is 12.4 Å². The molecule has 102 valence electrons. The molecular weight excluding hydrogens is 244 g/mol. The van der Waals surface area contributed by atoms with E-state index in [9.17, 15) is 4.79 Å². The molecule has 0 aliphatic carbocycles. The number of aromatic nitrogens is 2. The number of piperazine rings is 1. The summed E-state index contributed by atoms with van der Waals surface area (Å²) in [5.74, 6) is 2.13. The molecule has 0 spiro atoms. The highest BCUT2D eigenvalue weighted by atomic mass is 16.2. The van der Waals surface area contributed by atoms with E-state index < -0.39 is 0 Å². The van der Waals surface area contributed by atoms with Crippen molar-refractivity contribution in [1.82, 2.24) is 20.2 Å². The first-order valence-corrected chi connectivity index (χ1v) is 6.60. The van der Waals surface area contributed by atoms with Crippen molar-refractivity contribution in [2.24, 2.45) is 0 Å². The predicted molar refractivity (Wildman–Crippen MR) is 71.9 cm³/mol. The Bertz CT molecular complexity index is 505. The van der Waals surface area contributed by atoms with Gasteiger partial charge in [-0.2, -0.15) is 0 Å². The van der Waals surface area contributed by atoms with Gasteiger partial charge in [-0.15, -0.1) is 0 Å². The van der Waals surface area contributed by atoms with Gasteiger partial charge in [-0.05, 0) is 0 Å². The van der Waals surface area contributed by atoms with Crippen LogP contribution in [0, 0.1) is 0 Å². The summed E-state index contributed by atoms with van der Waals surface area (Å²) in [5.41, 5.74) is 5.82. The molecule has 3 N–H and O–H groups in total. The van der Waals surface area contributed by atoms with Gasteiger partial charge in [0, 0.05) is 38.7 Å². The third-order valence-corrected chi connectivity index (χ3v) is 3.65. The Morgan fingerprint density at radius 2 is 2.32 bits per heavy atom. The van der Waals surface area contributed by atoms with Gasteiger partial charge in [-0.1, -0.05) is 6.92 Å². The number of urea groups is 1. The van der Waals surface area contributed by atoms with Gasteiger partial charge in [0.05, 0.1) is 6.04 Å². The van der Waals surface area contributed by atoms with Crippen LogP contribution in [0.15, 0.2) is 6.07 Å². The molecule has 7 nitrogen and oxygen atoms in total. The topological polar surface area (TPSA) is 87.4 Å². The van der Waals surface area contributed by atoms with Gasteiger partial charge in [0.1, 0.15) is 17.5 Å². The maximum Gasteiger partial charge on any atom is 0.317 e. The zero-order valence-corrected chi connectivity index (χ0v) is 11.0. The number of anilines is 2. The summed E-state index contributed by atoms with van der Waals surface area (Å²) in [4.78, 5) is 24.3. The summed E-state index contributed by atoms with van der Waals surface area (Å²) in [6.07, 6.45) is 0.765. The Hall–Kier alpha value is -2.05. The van der Waals surface area contributed by atoms with E-state index >= 15 is 0 Å². The Morgan fingerprint density at radius 1 is 1.47 bits per heavy atom. The molecule has 19 heavy (non-hydrogen) atoms. The molecule has 2 saturated heterocycles. The van der Waals surface area contributed by atoms with Gasteiger partial charge in [-0.25, -0.2) is 14.8 Å². The molecule has 1 unspecified atom stereocenters. The van der Waals surface area contributed by atoms with Gasteiger partial charge in [-0.3, -0.25) is 0 Å². The highest BCUT2D eigenvalue weighted by Crippen LogP contribution is 2.21. The second-order valence-electron chi connectivity index (χ2n) is 4.90. The van der Waals surface area contributed by atoms with Crippen molar-refractivity contribution >= 4 is 17.7 Å². The summed E-state index contributed by atoms with van der Waals surface area (Å²) in [5, 5.41) is 2.87. The van der Waals surface area contributed by atoms with E-state index in [1.54, 1.807) is 6.07 Å². The first-order valence-electron chi connectivity index (χ1n) is 6.60. The monoisotopic (exact) mass is 262 g/mol. The molecule has 2 aliphatic heterocycles. The van der Waals surface area contributed by atoms with Gasteiger partial charge in [0.25, 0.3) is 0 Å². The van der Waals surface area contributed by atoms with Gasteiger partial charge >= 0.3 is 6.03 Å². The Morgan fingerprint density at radius 3 is 3.11 bits per heavy atom. The van der Waals surface area contributed by atoms with Crippen molar-refractivity contribution in [1.29, 1.82) is 0 Å². The van der Waals surface area contributed by atoms with Crippen LogP contribution in [-0.2, 0) is 6.42 Å². The zero-order chi connectivity index (χ0) is 13.4. The van der Waals surface area contributed by atoms with Crippen LogP contribution in [-0.4, -0.2) is 53.1 Å². The minimum atomic E-state index is 0.0427. The van der Waals surface area contributed by atoms with Crippen molar-refractivity contribution < 1.29 is 4.79 Å². The molecule has 2 aliphatic rings. The van der Waals surface area contributed by atoms with Crippen LogP contribution in [0.5, 0.6) is 0 Å². The number of aryl methyl sites for hydroxylation is 1. The number of carbonyl (C=O) groups excluding carboxylic acids is 1. The fourth-order valence-corrected chi connectivity index (χ4v) is 2.64. The number of hydrogen-bond donors (Lipinski definition) is 2. The molecule has 3 heterocycles. The summed E-state index contributed by atoms with van der Waals surface area (Å²) in [7, 11) is 0. The summed E-state index contributed by atoms with van der Waals surface area (Å²) in [6.45, 7) is 5.01. The molecule has 1 atom stereocenters. The molecule has 0 bridgehead atoms. The van der Waals surface area contributed by atoms with E-state index in [1.807, 2.05) is 11.8 Å². The molecule has 0 radical (unpaired) electrons. The lowest BCUT2D eigenvalue weighted by Gasteiger charge is -2.37. The second kappa shape index (κ2) is 4.56. The lowest BCUT2D eigenvalue weighted by molar-refractivity contribution is 0.197. The first kappa shape index (κ1) is 12.0. The van der Waals surface area contributed by atoms with Crippen LogP contribution in [0.3, 0.4) is 0 Å². The number of amides is 2. The number of fused-ring (bicyclic) bond motifs is 1. The van der Waals surface area contributed by atoms with E-state index in [1.165, 1.54) is 0 Å². The largest absolute Gasteiger partial charge is 0.384 e. The van der Waals surface area contributed by atoms with Crippen LogP contribution >= 0.6 is 0 Å². The predicted octanol–water partition coefficient (Wildman–Crippen LogP) is -0.165. The maximum atomic E-state index is 11.6. The first-order chi connectivity index (χ1) is 9.17. The second-order valence-corrected chi connectivity index (χ2v) is 4.90. The molecule has 7 heteroatoms. The number of rotatable bonds is 2. The van der Waals surface area contributed by atoms with Crippen molar-refractivity contribution in [3.05, 3.63) is 11.9 Å². The number of nitrogen functional groups attached to an aromatic ring is 1. The molecule has 0 aromatic carbocycles. The van der Waals surface area contributed by atoms with Crippen molar-refractivity contribution in [3.8, 4) is 0 Å². The summed E-state index contributed by atoms with van der Waals surface area (Å²) < 4.78 is 0. The lowest BCUT2D eigenvalue weighted by Crippen LogP contribution is -2.52. The number of carbonyl (C=O) groups is 1. The molecule has 1 aromatic rings. The van der Waals surface area contributed by atoms with Crippen LogP contribution in [0.2, 0.25) is 0 Å². The third kappa shape index (κ3) is 2.16. The molecule has 1 aromatic heterocycles. The van der Waals surface area contributed by atoms with Gasteiger partial charge in [0.2, 0.25) is 0 Å². The normalized spacial score (nSPS) is 22.4. The number of nitrogens with two attached hydrogens (primary N) is 1. The van der Waals surface area contributed by atoms with E-state index in [0.717, 1.165) is 37.7 Å². The van der Waals surface area contributed by atoms with Crippen LogP contribution in [0.25, 0.3) is 0 Å². The minimum absolute atomic E-state index is 0.0427. The highest BCUT2D eigenvalue weighted by molar-refractivity contribution is 5.77. The Kier molecular flexibility index (Phi) is 2.88. The molecule has 3 rings (SSSR count). The van der Waals surface area contributed by atoms with Crippen LogP contribution in [0.1, 0.15) is 12.7 Å². The van der Waals surface area contributed by atoms with Gasteiger partial charge < -0.3 is 20.9 Å². The van der Waals surface area contributed by atoms with E-state index in [-0.39, 0.29) is 12.1 Å². The number of hydrogen-bond acceptors (Lipinski definition) is 5. The maximum absolute atomic E-state index is 11.6. The summed E-state index contributed by atoms with van der Waals surface area (Å²) in [6, 6.07) is 2.07. The molecule has 0 saturated carbocycles. The summed E-state index contributed by atoms with van der Waals surface area (Å²) >= 11 is 0. The average molecular weight is 262 g/mol. The van der Waals surface area contributed by atoms with Crippen molar-refractivity contribution in [2.45, 2.75) is 19.4 Å². The molecular formula is C12H18N6O. The van der Waals surface area contributed by atoms with Crippen LogP contribution < -0.4 is 16.0 Å².